The number of carbonyl (C=O) groups excluding carboxylic acids is 3. The van der Waals surface area contributed by atoms with Crippen LogP contribution in [0.5, 0.6) is 11.5 Å². The van der Waals surface area contributed by atoms with E-state index in [4.69, 9.17) is 23.7 Å². The standard InChI is InChI=1S/C23H25NO8S/c1-13(25)29-20-12-33-23(22(31-15(3)27)21(20)30-14(2)26)32-18-9-10-24-19(11-18)16-5-7-17(28-4)8-6-16/h5-11,20-23H,12H2,1-4H3/t20-,21+,22-,23+/m1/s1. The molecule has 33 heavy (non-hydrogen) atoms. The summed E-state index contributed by atoms with van der Waals surface area (Å²) >= 11 is 1.29. The van der Waals surface area contributed by atoms with Gasteiger partial charge in [0.2, 0.25) is 0 Å². The van der Waals surface area contributed by atoms with Crippen molar-refractivity contribution in [2.75, 3.05) is 12.9 Å². The number of hydrogen-bond donors (Lipinski definition) is 0. The Labute approximate surface area is 195 Å². The molecule has 0 N–H and O–H groups in total. The van der Waals surface area contributed by atoms with Crippen molar-refractivity contribution in [1.29, 1.82) is 0 Å². The summed E-state index contributed by atoms with van der Waals surface area (Å²) in [5.41, 5.74) is 0.826. The van der Waals surface area contributed by atoms with Gasteiger partial charge in [0.05, 0.1) is 12.8 Å². The molecule has 1 aromatic carbocycles. The number of rotatable bonds is 7. The minimum absolute atomic E-state index is 0.288. The maximum absolute atomic E-state index is 11.8. The van der Waals surface area contributed by atoms with Gasteiger partial charge in [0.1, 0.15) is 11.5 Å². The quantitative estimate of drug-likeness (QED) is 0.438. The molecular formula is C23H25NO8S. The normalized spacial score (nSPS) is 22.1. The van der Waals surface area contributed by atoms with E-state index in [1.165, 1.54) is 32.5 Å². The number of esters is 3. The first-order valence-electron chi connectivity index (χ1n) is 10.2. The first-order chi connectivity index (χ1) is 15.8. The molecule has 0 saturated carbocycles. The maximum Gasteiger partial charge on any atom is 0.303 e. The molecule has 0 spiro atoms. The van der Waals surface area contributed by atoms with E-state index in [9.17, 15) is 14.4 Å². The second-order valence-corrected chi connectivity index (χ2v) is 8.35. The van der Waals surface area contributed by atoms with E-state index in [1.807, 2.05) is 24.3 Å². The molecule has 1 aliphatic heterocycles. The number of methoxy groups -OCH3 is 1. The van der Waals surface area contributed by atoms with Crippen LogP contribution in [0, 0.1) is 0 Å². The van der Waals surface area contributed by atoms with Crippen molar-refractivity contribution in [2.45, 2.75) is 44.5 Å². The lowest BCUT2D eigenvalue weighted by molar-refractivity contribution is -0.186. The van der Waals surface area contributed by atoms with Crippen LogP contribution >= 0.6 is 11.8 Å². The average molecular weight is 476 g/mol. The zero-order valence-corrected chi connectivity index (χ0v) is 19.5. The first-order valence-corrected chi connectivity index (χ1v) is 11.2. The summed E-state index contributed by atoms with van der Waals surface area (Å²) in [7, 11) is 1.60. The molecule has 4 atom stereocenters. The second kappa shape index (κ2) is 11.0. The van der Waals surface area contributed by atoms with Gasteiger partial charge in [-0.25, -0.2) is 0 Å². The smallest absolute Gasteiger partial charge is 0.303 e. The van der Waals surface area contributed by atoms with Crippen LogP contribution in [0.3, 0.4) is 0 Å². The molecule has 2 heterocycles. The van der Waals surface area contributed by atoms with Crippen LogP contribution in [0.25, 0.3) is 11.3 Å². The van der Waals surface area contributed by atoms with E-state index in [0.717, 1.165) is 11.3 Å². The number of pyridine rings is 1. The fraction of sp³-hybridized carbons (Fsp3) is 0.391. The van der Waals surface area contributed by atoms with Crippen molar-refractivity contribution in [3.8, 4) is 22.8 Å². The second-order valence-electron chi connectivity index (χ2n) is 7.22. The molecule has 0 bridgehead atoms. The van der Waals surface area contributed by atoms with E-state index in [2.05, 4.69) is 4.98 Å². The molecule has 1 fully saturated rings. The molecule has 176 valence electrons. The van der Waals surface area contributed by atoms with Crippen LogP contribution in [-0.4, -0.2) is 59.5 Å². The maximum atomic E-state index is 11.8. The van der Waals surface area contributed by atoms with Crippen LogP contribution in [0.2, 0.25) is 0 Å². The van der Waals surface area contributed by atoms with Crippen LogP contribution in [-0.2, 0) is 28.6 Å². The Bertz CT molecular complexity index is 996. The van der Waals surface area contributed by atoms with Crippen LogP contribution in [0.1, 0.15) is 20.8 Å². The number of aromatic nitrogens is 1. The number of hydrogen-bond acceptors (Lipinski definition) is 10. The lowest BCUT2D eigenvalue weighted by Crippen LogP contribution is -2.55. The van der Waals surface area contributed by atoms with E-state index in [0.29, 0.717) is 11.4 Å². The summed E-state index contributed by atoms with van der Waals surface area (Å²) in [5, 5.41) is 0. The van der Waals surface area contributed by atoms with Gasteiger partial charge in [-0.2, -0.15) is 0 Å². The monoisotopic (exact) mass is 475 g/mol. The van der Waals surface area contributed by atoms with Gasteiger partial charge in [-0.3, -0.25) is 19.4 Å². The highest BCUT2D eigenvalue weighted by atomic mass is 32.2. The third-order valence-corrected chi connectivity index (χ3v) is 5.89. The van der Waals surface area contributed by atoms with Crippen molar-refractivity contribution < 1.29 is 38.1 Å². The Kier molecular flexibility index (Phi) is 8.16. The fourth-order valence-electron chi connectivity index (χ4n) is 3.35. The molecule has 2 aromatic rings. The van der Waals surface area contributed by atoms with Crippen molar-refractivity contribution in [1.82, 2.24) is 4.98 Å². The van der Waals surface area contributed by atoms with Gasteiger partial charge >= 0.3 is 17.9 Å². The lowest BCUT2D eigenvalue weighted by atomic mass is 10.1. The minimum Gasteiger partial charge on any atom is -0.497 e. The summed E-state index contributed by atoms with van der Waals surface area (Å²) in [6.07, 6.45) is -1.18. The molecule has 9 nitrogen and oxygen atoms in total. The van der Waals surface area contributed by atoms with Gasteiger partial charge < -0.3 is 23.7 Å². The number of ether oxygens (including phenoxy) is 5. The Hall–Kier alpha value is -3.27. The number of benzene rings is 1. The third-order valence-electron chi connectivity index (χ3n) is 4.67. The zero-order chi connectivity index (χ0) is 24.0. The molecule has 0 radical (unpaired) electrons. The van der Waals surface area contributed by atoms with Crippen LogP contribution in [0.4, 0.5) is 0 Å². The van der Waals surface area contributed by atoms with Crippen molar-refractivity contribution in [3.63, 3.8) is 0 Å². The molecule has 3 rings (SSSR count). The molecule has 0 amide bonds. The first kappa shape index (κ1) is 24.4. The van der Waals surface area contributed by atoms with Crippen LogP contribution < -0.4 is 9.47 Å². The van der Waals surface area contributed by atoms with Gasteiger partial charge in [0.25, 0.3) is 0 Å². The molecule has 0 aliphatic carbocycles. The highest BCUT2D eigenvalue weighted by molar-refractivity contribution is 7.99. The van der Waals surface area contributed by atoms with Gasteiger partial charge in [-0.15, -0.1) is 11.8 Å². The number of carbonyl (C=O) groups is 3. The number of nitrogens with zero attached hydrogens (tertiary/aromatic N) is 1. The third kappa shape index (κ3) is 6.61. The van der Waals surface area contributed by atoms with E-state index >= 15 is 0 Å². The molecule has 0 unspecified atom stereocenters. The van der Waals surface area contributed by atoms with Crippen molar-refractivity contribution in [2.24, 2.45) is 0 Å². The SMILES string of the molecule is COc1ccc(-c2cc(O[C@H]3SC[C@@H](OC(C)=O)[C@H](OC(C)=O)[C@H]3OC(C)=O)ccn2)cc1. The highest BCUT2D eigenvalue weighted by Gasteiger charge is 2.47. The molecule has 1 aromatic heterocycles. The van der Waals surface area contributed by atoms with E-state index in [-0.39, 0.29) is 5.75 Å². The van der Waals surface area contributed by atoms with E-state index < -0.39 is 41.7 Å². The van der Waals surface area contributed by atoms with Gasteiger partial charge in [-0.05, 0) is 30.3 Å². The summed E-state index contributed by atoms with van der Waals surface area (Å²) in [5.74, 6) is -0.201. The summed E-state index contributed by atoms with van der Waals surface area (Å²) in [4.78, 5) is 39.4. The zero-order valence-electron chi connectivity index (χ0n) is 18.7. The van der Waals surface area contributed by atoms with Gasteiger partial charge in [0.15, 0.2) is 23.7 Å². The number of thioether (sulfide) groups is 1. The Morgan fingerprint density at radius 1 is 0.879 bits per heavy atom. The highest BCUT2D eigenvalue weighted by Crippen LogP contribution is 2.35. The summed E-state index contributed by atoms with van der Waals surface area (Å²) < 4.78 is 27.5. The minimum atomic E-state index is -1.01. The summed E-state index contributed by atoms with van der Waals surface area (Å²) in [6.45, 7) is 3.74. The Morgan fingerprint density at radius 3 is 2.12 bits per heavy atom. The van der Waals surface area contributed by atoms with E-state index in [1.54, 1.807) is 25.4 Å². The van der Waals surface area contributed by atoms with Crippen LogP contribution in [0.15, 0.2) is 42.6 Å². The van der Waals surface area contributed by atoms with Crippen molar-refractivity contribution >= 4 is 29.7 Å². The molecular weight excluding hydrogens is 450 g/mol. The Morgan fingerprint density at radius 2 is 1.52 bits per heavy atom. The molecule has 10 heteroatoms. The predicted octanol–water partition coefficient (Wildman–Crippen LogP) is 3.00. The topological polar surface area (TPSA) is 110 Å². The largest absolute Gasteiger partial charge is 0.497 e. The average Bonchev–Trinajstić information content (AvgIpc) is 2.77. The summed E-state index contributed by atoms with van der Waals surface area (Å²) in [6, 6.07) is 10.8. The lowest BCUT2D eigenvalue weighted by Gasteiger charge is -2.39. The molecule has 1 aliphatic rings. The van der Waals surface area contributed by atoms with Crippen molar-refractivity contribution in [3.05, 3.63) is 42.6 Å². The fourth-order valence-corrected chi connectivity index (χ4v) is 4.56. The molecule has 1 saturated heterocycles. The van der Waals surface area contributed by atoms with Gasteiger partial charge in [-0.1, -0.05) is 0 Å². The Balaban J connectivity index is 1.85. The van der Waals surface area contributed by atoms with Gasteiger partial charge in [0, 0.05) is 44.4 Å². The predicted molar refractivity (Wildman–Crippen MR) is 120 cm³/mol.